The molecule has 0 aliphatic carbocycles. The van der Waals surface area contributed by atoms with E-state index >= 15 is 0 Å². The smallest absolute Gasteiger partial charge is 0.416 e. The highest BCUT2D eigenvalue weighted by atomic mass is 19.4. The summed E-state index contributed by atoms with van der Waals surface area (Å²) in [6.45, 7) is 6.24. The molecule has 2 aromatic rings. The second kappa shape index (κ2) is 13.4. The summed E-state index contributed by atoms with van der Waals surface area (Å²) in [5, 5.41) is 2.92. The third-order valence-electron chi connectivity index (χ3n) is 6.80. The fraction of sp³-hybridized carbons (Fsp3) is 0.433. The summed E-state index contributed by atoms with van der Waals surface area (Å²) in [4.78, 5) is 40.3. The number of rotatable bonds is 11. The molecule has 1 N–H and O–H groups in total. The summed E-state index contributed by atoms with van der Waals surface area (Å²) in [7, 11) is 0. The van der Waals surface area contributed by atoms with E-state index < -0.39 is 23.6 Å². The van der Waals surface area contributed by atoms with Crippen molar-refractivity contribution < 1.29 is 32.3 Å². The van der Waals surface area contributed by atoms with E-state index in [0.29, 0.717) is 28.9 Å². The van der Waals surface area contributed by atoms with Crippen molar-refractivity contribution in [2.75, 3.05) is 13.2 Å². The zero-order valence-electron chi connectivity index (χ0n) is 22.6. The van der Waals surface area contributed by atoms with Gasteiger partial charge in [-0.3, -0.25) is 9.59 Å². The minimum atomic E-state index is -4.49. The molecule has 0 saturated carbocycles. The first-order valence-corrected chi connectivity index (χ1v) is 13.3. The summed E-state index contributed by atoms with van der Waals surface area (Å²) in [5.41, 5.74) is 1.41. The van der Waals surface area contributed by atoms with E-state index in [-0.39, 0.29) is 37.0 Å². The molecule has 6 nitrogen and oxygen atoms in total. The zero-order chi connectivity index (χ0) is 28.6. The topological polar surface area (TPSA) is 75.7 Å². The van der Waals surface area contributed by atoms with E-state index in [4.69, 9.17) is 4.74 Å². The number of unbranched alkanes of at least 4 members (excludes halogenated alkanes) is 3. The summed E-state index contributed by atoms with van der Waals surface area (Å²) >= 11 is 0. The second-order valence-electron chi connectivity index (χ2n) is 9.59. The van der Waals surface area contributed by atoms with Crippen molar-refractivity contribution in [2.24, 2.45) is 0 Å². The molecule has 1 atom stereocenters. The number of allylic oxidation sites excluding steroid dienone is 1. The van der Waals surface area contributed by atoms with Crippen LogP contribution in [-0.2, 0) is 27.0 Å². The van der Waals surface area contributed by atoms with Crippen molar-refractivity contribution in [3.8, 4) is 0 Å². The Morgan fingerprint density at radius 1 is 1.05 bits per heavy atom. The van der Waals surface area contributed by atoms with Gasteiger partial charge >= 0.3 is 12.1 Å². The molecule has 0 fully saturated rings. The van der Waals surface area contributed by atoms with Crippen LogP contribution in [0.25, 0.3) is 0 Å². The molecule has 1 heterocycles. The first kappa shape index (κ1) is 29.9. The number of nitrogens with one attached hydrogen (secondary N) is 1. The first-order chi connectivity index (χ1) is 18.6. The van der Waals surface area contributed by atoms with Crippen molar-refractivity contribution in [3.05, 3.63) is 82.1 Å². The number of amides is 2. The number of nitrogens with zero attached hydrogens (tertiary/aromatic N) is 1. The average molecular weight is 545 g/mol. The average Bonchev–Trinajstić information content (AvgIpc) is 2.90. The fourth-order valence-corrected chi connectivity index (χ4v) is 4.72. The molecule has 3 rings (SSSR count). The van der Waals surface area contributed by atoms with Crippen LogP contribution in [0.3, 0.4) is 0 Å². The van der Waals surface area contributed by atoms with Crippen LogP contribution in [0.2, 0.25) is 0 Å². The Balaban J connectivity index is 1.85. The number of benzene rings is 2. The molecule has 1 aliphatic heterocycles. The van der Waals surface area contributed by atoms with Gasteiger partial charge in [0.25, 0.3) is 5.91 Å². The van der Waals surface area contributed by atoms with Gasteiger partial charge < -0.3 is 15.0 Å². The third-order valence-corrected chi connectivity index (χ3v) is 6.80. The molecule has 1 aliphatic rings. The summed E-state index contributed by atoms with van der Waals surface area (Å²) in [5.74, 6) is -1.83. The molecule has 39 heavy (non-hydrogen) atoms. The van der Waals surface area contributed by atoms with Crippen molar-refractivity contribution in [1.29, 1.82) is 0 Å². The summed E-state index contributed by atoms with van der Waals surface area (Å²) < 4.78 is 44.5. The lowest BCUT2D eigenvalue weighted by atomic mass is 9.83. The molecular formula is C30H35F3N2O4. The molecule has 210 valence electrons. The lowest BCUT2D eigenvalue weighted by molar-refractivity contribution is -0.140. The van der Waals surface area contributed by atoms with Crippen molar-refractivity contribution in [2.45, 2.75) is 71.5 Å². The quantitative estimate of drug-likeness (QED) is 0.264. The summed E-state index contributed by atoms with van der Waals surface area (Å²) in [6, 6.07) is 11.5. The number of hydrogen-bond acceptors (Lipinski definition) is 4. The van der Waals surface area contributed by atoms with Gasteiger partial charge in [0.15, 0.2) is 0 Å². The number of hydrogen-bond donors (Lipinski definition) is 1. The molecule has 1 unspecified atom stereocenters. The number of carbonyl (C=O) groups excluding carboxylic acids is 3. The van der Waals surface area contributed by atoms with Crippen LogP contribution in [0, 0.1) is 0 Å². The SMILES string of the molecule is CCCCCCNC(=O)c1cccc(CN2C(=O)CC(c3ccc(C(F)(F)F)cc3)C(C(=O)OCC)=C2C)c1. The lowest BCUT2D eigenvalue weighted by Crippen LogP contribution is -2.38. The van der Waals surface area contributed by atoms with Crippen LogP contribution in [-0.4, -0.2) is 35.8 Å². The van der Waals surface area contributed by atoms with E-state index in [0.717, 1.165) is 37.8 Å². The zero-order valence-corrected chi connectivity index (χ0v) is 22.6. The predicted octanol–water partition coefficient (Wildman–Crippen LogP) is 6.37. The van der Waals surface area contributed by atoms with Crippen LogP contribution < -0.4 is 5.32 Å². The van der Waals surface area contributed by atoms with Crippen LogP contribution in [0.4, 0.5) is 13.2 Å². The van der Waals surface area contributed by atoms with Crippen molar-refractivity contribution in [1.82, 2.24) is 10.2 Å². The highest BCUT2D eigenvalue weighted by Crippen LogP contribution is 2.39. The Morgan fingerprint density at radius 3 is 2.41 bits per heavy atom. The molecule has 0 aromatic heterocycles. The van der Waals surface area contributed by atoms with E-state index in [9.17, 15) is 27.6 Å². The van der Waals surface area contributed by atoms with Gasteiger partial charge in [0, 0.05) is 30.1 Å². The van der Waals surface area contributed by atoms with Gasteiger partial charge in [0.05, 0.1) is 24.3 Å². The Bertz CT molecular complexity index is 1210. The number of esters is 1. The van der Waals surface area contributed by atoms with Gasteiger partial charge in [-0.05, 0) is 55.7 Å². The molecule has 0 spiro atoms. The number of ether oxygens (including phenoxy) is 1. The maximum Gasteiger partial charge on any atom is 0.416 e. The number of carbonyl (C=O) groups is 3. The molecule has 0 saturated heterocycles. The Labute approximate surface area is 227 Å². The maximum atomic E-state index is 13.3. The highest BCUT2D eigenvalue weighted by Gasteiger charge is 2.37. The molecule has 0 bridgehead atoms. The monoisotopic (exact) mass is 544 g/mol. The van der Waals surface area contributed by atoms with E-state index in [1.54, 1.807) is 38.1 Å². The minimum Gasteiger partial charge on any atom is -0.463 e. The maximum absolute atomic E-state index is 13.3. The fourth-order valence-electron chi connectivity index (χ4n) is 4.72. The standard InChI is InChI=1S/C30H35F3N2O4/c1-4-6-7-8-16-34-28(37)23-11-9-10-21(17-23)19-35-20(3)27(29(38)39-5-2)25(18-26(35)36)22-12-14-24(15-13-22)30(31,32)33/h9-15,17,25H,4-8,16,18-19H2,1-3H3,(H,34,37). The van der Waals surface area contributed by atoms with Gasteiger partial charge in [-0.2, -0.15) is 13.2 Å². The van der Waals surface area contributed by atoms with Crippen molar-refractivity contribution >= 4 is 17.8 Å². The molecule has 2 aromatic carbocycles. The third kappa shape index (κ3) is 7.71. The molecule has 9 heteroatoms. The normalized spacial score (nSPS) is 15.9. The van der Waals surface area contributed by atoms with Crippen molar-refractivity contribution in [3.63, 3.8) is 0 Å². The Kier molecular flexibility index (Phi) is 10.3. The molecular weight excluding hydrogens is 509 g/mol. The van der Waals surface area contributed by atoms with Crippen LogP contribution in [0.1, 0.15) is 85.8 Å². The highest BCUT2D eigenvalue weighted by molar-refractivity contribution is 5.96. The second-order valence-corrected chi connectivity index (χ2v) is 9.59. The van der Waals surface area contributed by atoms with Gasteiger partial charge in [0.2, 0.25) is 5.91 Å². The van der Waals surface area contributed by atoms with Gasteiger partial charge in [-0.1, -0.05) is 50.5 Å². The Morgan fingerprint density at radius 2 is 1.77 bits per heavy atom. The van der Waals surface area contributed by atoms with Gasteiger partial charge in [-0.25, -0.2) is 4.79 Å². The van der Waals surface area contributed by atoms with E-state index in [2.05, 4.69) is 12.2 Å². The number of alkyl halides is 3. The lowest BCUT2D eigenvalue weighted by Gasteiger charge is -2.34. The van der Waals surface area contributed by atoms with Crippen LogP contribution >= 0.6 is 0 Å². The van der Waals surface area contributed by atoms with E-state index in [1.165, 1.54) is 17.0 Å². The van der Waals surface area contributed by atoms with Crippen LogP contribution in [0.15, 0.2) is 59.8 Å². The first-order valence-electron chi connectivity index (χ1n) is 13.3. The Hall–Kier alpha value is -3.62. The predicted molar refractivity (Wildman–Crippen MR) is 142 cm³/mol. The van der Waals surface area contributed by atoms with Gasteiger partial charge in [0.1, 0.15) is 0 Å². The van der Waals surface area contributed by atoms with Crippen LogP contribution in [0.5, 0.6) is 0 Å². The number of halogens is 3. The van der Waals surface area contributed by atoms with E-state index in [1.807, 2.05) is 0 Å². The van der Waals surface area contributed by atoms with Gasteiger partial charge in [-0.15, -0.1) is 0 Å². The summed E-state index contributed by atoms with van der Waals surface area (Å²) in [6.07, 6.45) is -0.404. The largest absolute Gasteiger partial charge is 0.463 e. The molecule has 2 amide bonds. The molecule has 0 radical (unpaired) electrons. The minimum absolute atomic E-state index is 0.102.